The van der Waals surface area contributed by atoms with E-state index in [-0.39, 0.29) is 11.1 Å². The lowest BCUT2D eigenvalue weighted by atomic mass is 9.96. The van der Waals surface area contributed by atoms with Crippen LogP contribution in [0.25, 0.3) is 33.2 Å². The number of aliphatic hydroxyl groups excluding tert-OH is 2. The van der Waals surface area contributed by atoms with Crippen molar-refractivity contribution in [2.45, 2.75) is 63.8 Å². The van der Waals surface area contributed by atoms with E-state index >= 15 is 0 Å². The lowest BCUT2D eigenvalue weighted by Crippen LogP contribution is -2.22. The van der Waals surface area contributed by atoms with Crippen LogP contribution >= 0.6 is 0 Å². The minimum Gasteiger partial charge on any atom is -0.391 e. The van der Waals surface area contributed by atoms with Crippen molar-refractivity contribution in [3.8, 4) is 0 Å². The highest BCUT2D eigenvalue weighted by Gasteiger charge is 2.36. The van der Waals surface area contributed by atoms with Gasteiger partial charge in [0.25, 0.3) is 11.8 Å². The van der Waals surface area contributed by atoms with E-state index in [1.54, 1.807) is 24.5 Å². The molecule has 6 heterocycles. The van der Waals surface area contributed by atoms with E-state index < -0.39 is 24.0 Å². The van der Waals surface area contributed by atoms with Crippen LogP contribution in [0.2, 0.25) is 0 Å². The van der Waals surface area contributed by atoms with Crippen molar-refractivity contribution in [3.05, 3.63) is 60.2 Å². The first kappa shape index (κ1) is 23.6. The predicted molar refractivity (Wildman–Crippen MR) is 139 cm³/mol. The lowest BCUT2D eigenvalue weighted by Gasteiger charge is -2.14. The molecular formula is C28H29N5O4. The first-order chi connectivity index (χ1) is 18.0. The predicted octanol–water partition coefficient (Wildman–Crippen LogP) is 3.03. The number of nitrogens with zero attached hydrogens (tertiary/aromatic N) is 4. The zero-order valence-electron chi connectivity index (χ0n) is 20.4. The van der Waals surface area contributed by atoms with E-state index in [0.29, 0.717) is 48.4 Å². The van der Waals surface area contributed by atoms with Crippen LogP contribution in [0.1, 0.15) is 49.7 Å². The Kier molecular flexibility index (Phi) is 6.10. The monoisotopic (exact) mass is 499 g/mol. The fourth-order valence-electron chi connectivity index (χ4n) is 5.64. The zero-order chi connectivity index (χ0) is 25.5. The average molecular weight is 500 g/mol. The molecule has 9 heteroatoms. The summed E-state index contributed by atoms with van der Waals surface area (Å²) in [5.41, 5.74) is 3.06. The third kappa shape index (κ3) is 4.24. The van der Waals surface area contributed by atoms with E-state index in [1.165, 1.54) is 0 Å². The molecule has 4 bridgehead atoms. The summed E-state index contributed by atoms with van der Waals surface area (Å²) in [7, 11) is 0. The van der Waals surface area contributed by atoms with Gasteiger partial charge in [-0.25, -0.2) is 9.97 Å². The van der Waals surface area contributed by atoms with E-state index in [0.717, 1.165) is 36.5 Å². The minimum atomic E-state index is -0.563. The number of fused-ring (bicyclic) bond motifs is 12. The summed E-state index contributed by atoms with van der Waals surface area (Å²) < 4.78 is 3.75. The average Bonchev–Trinajstić information content (AvgIpc) is 3.51. The second kappa shape index (κ2) is 9.57. The summed E-state index contributed by atoms with van der Waals surface area (Å²) in [6, 6.07) is 7.36. The van der Waals surface area contributed by atoms with Crippen molar-refractivity contribution >= 4 is 45.0 Å². The van der Waals surface area contributed by atoms with Gasteiger partial charge in [0.05, 0.1) is 36.4 Å². The van der Waals surface area contributed by atoms with Crippen molar-refractivity contribution in [2.75, 3.05) is 0 Å². The summed E-state index contributed by atoms with van der Waals surface area (Å²) in [4.78, 5) is 35.5. The minimum absolute atomic E-state index is 0.279. The summed E-state index contributed by atoms with van der Waals surface area (Å²) >= 11 is 0. The molecule has 37 heavy (non-hydrogen) atoms. The number of hydrogen-bond acceptors (Lipinski definition) is 6. The van der Waals surface area contributed by atoms with Crippen LogP contribution in [0.5, 0.6) is 0 Å². The van der Waals surface area contributed by atoms with Gasteiger partial charge < -0.3 is 19.3 Å². The Hall–Kier alpha value is -3.82. The van der Waals surface area contributed by atoms with E-state index in [4.69, 9.17) is 0 Å². The first-order valence-corrected chi connectivity index (χ1v) is 12.9. The van der Waals surface area contributed by atoms with Crippen LogP contribution in [0, 0.1) is 0 Å². The smallest absolute Gasteiger partial charge is 0.259 e. The molecule has 0 saturated carbocycles. The number of aliphatic hydroxyl groups is 2. The van der Waals surface area contributed by atoms with E-state index in [9.17, 15) is 19.8 Å². The normalized spacial score (nSPS) is 21.7. The molecule has 2 amide bonds. The topological polar surface area (TPSA) is 122 Å². The zero-order valence-corrected chi connectivity index (χ0v) is 20.4. The second-order valence-electron chi connectivity index (χ2n) is 9.97. The van der Waals surface area contributed by atoms with Gasteiger partial charge in [-0.05, 0) is 37.1 Å². The van der Waals surface area contributed by atoms with Crippen LogP contribution in [0.15, 0.2) is 49.1 Å². The number of carbonyl (C=O) groups is 2. The molecule has 2 atom stereocenters. The summed E-state index contributed by atoms with van der Waals surface area (Å²) in [5, 5.41) is 25.5. The van der Waals surface area contributed by atoms with Gasteiger partial charge in [-0.2, -0.15) is 0 Å². The molecule has 0 aliphatic carbocycles. The Balaban J connectivity index is 1.59. The quantitative estimate of drug-likeness (QED) is 0.320. The van der Waals surface area contributed by atoms with Gasteiger partial charge in [0.15, 0.2) is 0 Å². The Morgan fingerprint density at radius 1 is 0.730 bits per heavy atom. The molecule has 3 N–H and O–H groups in total. The van der Waals surface area contributed by atoms with Gasteiger partial charge in [-0.15, -0.1) is 0 Å². The van der Waals surface area contributed by atoms with Crippen molar-refractivity contribution in [1.29, 1.82) is 0 Å². The molecule has 190 valence electrons. The molecule has 4 aromatic heterocycles. The van der Waals surface area contributed by atoms with Gasteiger partial charge in [0.1, 0.15) is 11.3 Å². The number of aromatic nitrogens is 4. The lowest BCUT2D eigenvalue weighted by molar-refractivity contribution is -0.122. The fourth-order valence-corrected chi connectivity index (χ4v) is 5.64. The third-order valence-corrected chi connectivity index (χ3v) is 7.38. The number of pyridine rings is 2. The van der Waals surface area contributed by atoms with Crippen molar-refractivity contribution in [3.63, 3.8) is 0 Å². The molecule has 2 aliphatic heterocycles. The maximum atomic E-state index is 13.2. The fraction of sp³-hybridized carbons (Fsp3) is 0.357. The highest BCUT2D eigenvalue weighted by molar-refractivity contribution is 6.50. The third-order valence-electron chi connectivity index (χ3n) is 7.38. The Morgan fingerprint density at radius 2 is 1.19 bits per heavy atom. The standard InChI is InChI=1S/C28H29N5O4/c34-17-7-3-1-2-4-8-18(35)14-33-16-22(20-10-6-12-30-26(20)33)24-23(27(36)31-28(24)37)21-15-32(13-17)25-19(21)9-5-11-29-25/h5-6,9-12,15-18,34-35H,1-4,7-8,13-14H2,(H,31,36,37)/t17-,18-/m1/s1. The molecule has 4 aromatic rings. The van der Waals surface area contributed by atoms with Crippen molar-refractivity contribution in [2.24, 2.45) is 0 Å². The SMILES string of the molecule is O=C1NC(=O)C2=C1c1cn(c3ncccc13)C[C@H](O)CCCCCC[C@@H](O)Cn1cc2c2cccnc21. The highest BCUT2D eigenvalue weighted by atomic mass is 16.3. The number of amides is 2. The van der Waals surface area contributed by atoms with Gasteiger partial charge in [-0.3, -0.25) is 14.9 Å². The number of rotatable bonds is 0. The van der Waals surface area contributed by atoms with Crippen LogP contribution in [0.3, 0.4) is 0 Å². The van der Waals surface area contributed by atoms with Crippen LogP contribution in [-0.4, -0.2) is 53.3 Å². The van der Waals surface area contributed by atoms with Crippen molar-refractivity contribution < 1.29 is 19.8 Å². The maximum Gasteiger partial charge on any atom is 0.259 e. The van der Waals surface area contributed by atoms with Gasteiger partial charge in [0, 0.05) is 46.7 Å². The molecule has 6 rings (SSSR count). The van der Waals surface area contributed by atoms with E-state index in [2.05, 4.69) is 15.3 Å². The molecule has 0 aromatic carbocycles. The van der Waals surface area contributed by atoms with E-state index in [1.807, 2.05) is 33.7 Å². The molecule has 2 aliphatic rings. The molecule has 0 unspecified atom stereocenters. The summed E-state index contributed by atoms with van der Waals surface area (Å²) in [6.45, 7) is 0.682. The number of hydrogen-bond donors (Lipinski definition) is 3. The van der Waals surface area contributed by atoms with Gasteiger partial charge >= 0.3 is 0 Å². The number of carbonyl (C=O) groups excluding carboxylic acids is 2. The first-order valence-electron chi connectivity index (χ1n) is 12.9. The molecule has 0 spiro atoms. The number of imide groups is 1. The molecular weight excluding hydrogens is 470 g/mol. The second-order valence-corrected chi connectivity index (χ2v) is 9.97. The Bertz CT molecular complexity index is 1430. The van der Waals surface area contributed by atoms with Gasteiger partial charge in [0.2, 0.25) is 0 Å². The molecule has 9 nitrogen and oxygen atoms in total. The highest BCUT2D eigenvalue weighted by Crippen LogP contribution is 2.38. The Labute approximate surface area is 213 Å². The Morgan fingerprint density at radius 3 is 1.65 bits per heavy atom. The molecule has 0 saturated heterocycles. The maximum absolute atomic E-state index is 13.2. The van der Waals surface area contributed by atoms with Crippen LogP contribution in [-0.2, 0) is 22.7 Å². The van der Waals surface area contributed by atoms with Crippen LogP contribution in [0.4, 0.5) is 0 Å². The number of nitrogens with one attached hydrogen (secondary N) is 1. The van der Waals surface area contributed by atoms with Gasteiger partial charge in [-0.1, -0.05) is 25.7 Å². The van der Waals surface area contributed by atoms with Crippen molar-refractivity contribution in [1.82, 2.24) is 24.4 Å². The summed E-state index contributed by atoms with van der Waals surface area (Å²) in [5.74, 6) is -0.939. The molecule has 0 radical (unpaired) electrons. The largest absolute Gasteiger partial charge is 0.391 e. The molecule has 0 fully saturated rings. The van der Waals surface area contributed by atoms with Crippen LogP contribution < -0.4 is 5.32 Å². The summed E-state index contributed by atoms with van der Waals surface area (Å²) in [6.07, 6.45) is 10.9.